The second kappa shape index (κ2) is 11.8. The Labute approximate surface area is 199 Å². The highest BCUT2D eigenvalue weighted by molar-refractivity contribution is 7.99. The van der Waals surface area contributed by atoms with E-state index in [4.69, 9.17) is 0 Å². The lowest BCUT2D eigenvalue weighted by Crippen LogP contribution is -2.26. The zero-order valence-electron chi connectivity index (χ0n) is 19.1. The molecular formula is C28H34F4S. The number of halogens is 4. The van der Waals surface area contributed by atoms with Crippen LogP contribution in [-0.2, 0) is 0 Å². The smallest absolute Gasteiger partial charge is 0.181 e. The largest absolute Gasteiger partial charge is 0.243 e. The standard InChI is InChI=1S/C28H34F4S/c29-25-17-15-23(18-27(25)31)22-13-11-21(12-14-22)20-9-6-19(7-10-20)8-16-26(30)28(32)33-24-4-2-1-3-5-24/h1-5,15,17-22,26,28H,6-14,16H2. The summed E-state index contributed by atoms with van der Waals surface area (Å²) in [7, 11) is 0. The Bertz CT molecular complexity index is 857. The van der Waals surface area contributed by atoms with Gasteiger partial charge in [0.1, 0.15) is 6.17 Å². The van der Waals surface area contributed by atoms with E-state index in [-0.39, 0.29) is 0 Å². The molecular weight excluding hydrogens is 444 g/mol. The summed E-state index contributed by atoms with van der Waals surface area (Å²) >= 11 is 0.976. The molecule has 2 saturated carbocycles. The molecule has 0 spiro atoms. The molecule has 2 aromatic carbocycles. The van der Waals surface area contributed by atoms with Gasteiger partial charge in [-0.05, 0) is 105 Å². The topological polar surface area (TPSA) is 0 Å². The van der Waals surface area contributed by atoms with Gasteiger partial charge < -0.3 is 0 Å². The lowest BCUT2D eigenvalue weighted by molar-refractivity contribution is 0.145. The summed E-state index contributed by atoms with van der Waals surface area (Å²) < 4.78 is 55.5. The van der Waals surface area contributed by atoms with Crippen LogP contribution in [-0.4, -0.2) is 11.7 Å². The van der Waals surface area contributed by atoms with Gasteiger partial charge in [0.05, 0.1) is 0 Å². The summed E-state index contributed by atoms with van der Waals surface area (Å²) in [5.41, 5.74) is -0.582. The van der Waals surface area contributed by atoms with Gasteiger partial charge in [0.2, 0.25) is 0 Å². The van der Waals surface area contributed by atoms with Crippen molar-refractivity contribution in [1.82, 2.24) is 0 Å². The molecule has 2 atom stereocenters. The molecule has 2 aliphatic carbocycles. The van der Waals surface area contributed by atoms with E-state index in [1.807, 2.05) is 30.3 Å². The van der Waals surface area contributed by atoms with E-state index in [1.54, 1.807) is 6.07 Å². The van der Waals surface area contributed by atoms with Crippen molar-refractivity contribution in [3.05, 3.63) is 65.7 Å². The molecule has 0 saturated heterocycles. The summed E-state index contributed by atoms with van der Waals surface area (Å²) in [6, 6.07) is 13.5. The summed E-state index contributed by atoms with van der Waals surface area (Å²) in [5, 5.41) is 0. The Hall–Kier alpha value is -1.49. The van der Waals surface area contributed by atoms with Gasteiger partial charge in [-0.2, -0.15) is 0 Å². The van der Waals surface area contributed by atoms with Crippen LogP contribution in [0.4, 0.5) is 17.6 Å². The van der Waals surface area contributed by atoms with Crippen molar-refractivity contribution >= 4 is 11.8 Å². The maximum absolute atomic E-state index is 14.4. The van der Waals surface area contributed by atoms with E-state index < -0.39 is 23.3 Å². The number of hydrogen-bond donors (Lipinski definition) is 0. The number of alkyl halides is 2. The molecule has 0 aromatic heterocycles. The summed E-state index contributed by atoms with van der Waals surface area (Å²) in [6.07, 6.45) is 8.61. The highest BCUT2D eigenvalue weighted by atomic mass is 32.2. The van der Waals surface area contributed by atoms with E-state index in [9.17, 15) is 17.6 Å². The molecule has 33 heavy (non-hydrogen) atoms. The van der Waals surface area contributed by atoms with Crippen molar-refractivity contribution in [2.24, 2.45) is 17.8 Å². The first-order valence-corrected chi connectivity index (χ1v) is 13.3. The van der Waals surface area contributed by atoms with Gasteiger partial charge in [-0.25, -0.2) is 17.6 Å². The summed E-state index contributed by atoms with van der Waals surface area (Å²) in [4.78, 5) is 0.771. The zero-order chi connectivity index (χ0) is 23.2. The van der Waals surface area contributed by atoms with Gasteiger partial charge in [0.15, 0.2) is 17.1 Å². The van der Waals surface area contributed by atoms with E-state index in [1.165, 1.54) is 25.0 Å². The maximum Gasteiger partial charge on any atom is 0.181 e. The molecule has 4 rings (SSSR count). The number of rotatable bonds is 8. The highest BCUT2D eigenvalue weighted by Crippen LogP contribution is 2.45. The number of benzene rings is 2. The van der Waals surface area contributed by atoms with Crippen molar-refractivity contribution < 1.29 is 17.6 Å². The second-order valence-corrected chi connectivity index (χ2v) is 11.1. The SMILES string of the molecule is Fc1ccc(C2CCC(C3CCC(CCC(F)C(F)Sc4ccccc4)CC3)CC2)cc1F. The second-order valence-electron chi connectivity index (χ2n) is 9.94. The fourth-order valence-electron chi connectivity index (χ4n) is 5.87. The van der Waals surface area contributed by atoms with Gasteiger partial charge in [-0.1, -0.05) is 48.9 Å². The van der Waals surface area contributed by atoms with E-state index in [0.717, 1.165) is 73.1 Å². The van der Waals surface area contributed by atoms with Crippen molar-refractivity contribution in [2.45, 2.75) is 86.7 Å². The first-order chi connectivity index (χ1) is 16.0. The summed E-state index contributed by atoms with van der Waals surface area (Å²) in [5.74, 6) is 0.736. The Kier molecular flexibility index (Phi) is 8.78. The molecule has 0 bridgehead atoms. The molecule has 2 aromatic rings. The highest BCUT2D eigenvalue weighted by Gasteiger charge is 2.32. The molecule has 180 valence electrons. The molecule has 2 fully saturated rings. The number of hydrogen-bond acceptors (Lipinski definition) is 1. The lowest BCUT2D eigenvalue weighted by Gasteiger charge is -2.38. The number of thioether (sulfide) groups is 1. The Morgan fingerprint density at radius 2 is 1.39 bits per heavy atom. The van der Waals surface area contributed by atoms with Crippen LogP contribution in [0.1, 0.15) is 75.7 Å². The van der Waals surface area contributed by atoms with Crippen molar-refractivity contribution in [3.63, 3.8) is 0 Å². The fraction of sp³-hybridized carbons (Fsp3) is 0.571. The van der Waals surface area contributed by atoms with E-state index >= 15 is 0 Å². The third-order valence-electron chi connectivity index (χ3n) is 7.87. The third kappa shape index (κ3) is 6.77. The first kappa shape index (κ1) is 24.6. The van der Waals surface area contributed by atoms with Gasteiger partial charge in [-0.3, -0.25) is 0 Å². The quantitative estimate of drug-likeness (QED) is 0.269. The van der Waals surface area contributed by atoms with Gasteiger partial charge in [0.25, 0.3) is 0 Å². The first-order valence-electron chi connectivity index (χ1n) is 12.4. The molecule has 2 aliphatic rings. The van der Waals surface area contributed by atoms with Gasteiger partial charge in [-0.15, -0.1) is 0 Å². The molecule has 0 radical (unpaired) electrons. The molecule has 0 N–H and O–H groups in total. The summed E-state index contributed by atoms with van der Waals surface area (Å²) in [6.45, 7) is 0. The Balaban J connectivity index is 1.15. The molecule has 0 nitrogen and oxygen atoms in total. The fourth-order valence-corrected chi connectivity index (χ4v) is 6.73. The minimum Gasteiger partial charge on any atom is -0.243 e. The predicted octanol–water partition coefficient (Wildman–Crippen LogP) is 9.25. The van der Waals surface area contributed by atoms with E-state index in [0.29, 0.717) is 24.2 Å². The molecule has 0 aliphatic heterocycles. The monoisotopic (exact) mass is 478 g/mol. The third-order valence-corrected chi connectivity index (χ3v) is 8.94. The van der Waals surface area contributed by atoms with Crippen molar-refractivity contribution in [2.75, 3.05) is 0 Å². The van der Waals surface area contributed by atoms with E-state index in [2.05, 4.69) is 0 Å². The predicted molar refractivity (Wildman–Crippen MR) is 128 cm³/mol. The molecule has 2 unspecified atom stereocenters. The van der Waals surface area contributed by atoms with Gasteiger partial charge >= 0.3 is 0 Å². The van der Waals surface area contributed by atoms with Crippen LogP contribution in [0.2, 0.25) is 0 Å². The molecule has 0 heterocycles. The average Bonchev–Trinajstić information content (AvgIpc) is 2.85. The van der Waals surface area contributed by atoms with Crippen LogP contribution < -0.4 is 0 Å². The molecule has 0 amide bonds. The minimum atomic E-state index is -1.51. The molecule has 5 heteroatoms. The van der Waals surface area contributed by atoms with Crippen LogP contribution in [0, 0.1) is 29.4 Å². The average molecular weight is 479 g/mol. The maximum atomic E-state index is 14.4. The lowest BCUT2D eigenvalue weighted by atomic mass is 9.68. The van der Waals surface area contributed by atoms with Crippen LogP contribution in [0.25, 0.3) is 0 Å². The van der Waals surface area contributed by atoms with Crippen LogP contribution in [0.5, 0.6) is 0 Å². The Morgan fingerprint density at radius 1 is 0.758 bits per heavy atom. The van der Waals surface area contributed by atoms with Crippen molar-refractivity contribution in [3.8, 4) is 0 Å². The van der Waals surface area contributed by atoms with Crippen LogP contribution in [0.3, 0.4) is 0 Å². The van der Waals surface area contributed by atoms with Gasteiger partial charge in [0, 0.05) is 4.90 Å². The normalized spacial score (nSPS) is 27.8. The van der Waals surface area contributed by atoms with Crippen LogP contribution >= 0.6 is 11.8 Å². The minimum absolute atomic E-state index is 0.301. The van der Waals surface area contributed by atoms with Crippen molar-refractivity contribution in [1.29, 1.82) is 0 Å². The Morgan fingerprint density at radius 3 is 2.03 bits per heavy atom. The zero-order valence-corrected chi connectivity index (χ0v) is 19.9. The van der Waals surface area contributed by atoms with Crippen LogP contribution in [0.15, 0.2) is 53.4 Å².